The molecule has 1 heterocycles. The zero-order valence-corrected chi connectivity index (χ0v) is 15.9. The molecule has 1 fully saturated rings. The molecule has 4 nitrogen and oxygen atoms in total. The number of hydrogen-bond donors (Lipinski definition) is 0. The van der Waals surface area contributed by atoms with Crippen molar-refractivity contribution in [3.63, 3.8) is 0 Å². The first-order valence-corrected chi connectivity index (χ1v) is 9.11. The first-order chi connectivity index (χ1) is 11.8. The van der Waals surface area contributed by atoms with Gasteiger partial charge in [-0.1, -0.05) is 32.9 Å². The molecule has 0 radical (unpaired) electrons. The van der Waals surface area contributed by atoms with E-state index in [1.54, 1.807) is 6.92 Å². The Hall–Kier alpha value is -1.62. The molecule has 1 aliphatic rings. The molecule has 0 aromatic heterocycles. The van der Waals surface area contributed by atoms with E-state index in [2.05, 4.69) is 25.7 Å². The Bertz CT molecular complexity index is 544. The molecule has 0 N–H and O–H groups in total. The van der Waals surface area contributed by atoms with Crippen LogP contribution >= 0.6 is 0 Å². The number of carbonyl (C=O) groups is 1. The number of amides is 1. The smallest absolute Gasteiger partial charge is 0.225 e. The fourth-order valence-corrected chi connectivity index (χ4v) is 2.86. The number of anilines is 1. The van der Waals surface area contributed by atoms with Gasteiger partial charge in [0, 0.05) is 31.9 Å². The van der Waals surface area contributed by atoms with Gasteiger partial charge in [-0.15, -0.1) is 0 Å². The van der Waals surface area contributed by atoms with Crippen molar-refractivity contribution in [2.75, 3.05) is 44.3 Å². The zero-order valence-electron chi connectivity index (χ0n) is 15.9. The Labute approximate surface area is 150 Å². The second-order valence-electron chi connectivity index (χ2n) is 7.94. The molecule has 0 spiro atoms. The predicted octanol–water partition coefficient (Wildman–Crippen LogP) is 3.82. The van der Waals surface area contributed by atoms with E-state index in [1.807, 2.05) is 29.2 Å². The number of halogens is 1. The second kappa shape index (κ2) is 8.65. The number of ether oxygens (including phenoxy) is 1. The molecule has 1 unspecified atom stereocenters. The Morgan fingerprint density at radius 3 is 2.28 bits per heavy atom. The van der Waals surface area contributed by atoms with Crippen molar-refractivity contribution < 1.29 is 13.9 Å². The molecule has 1 amide bonds. The summed E-state index contributed by atoms with van der Waals surface area (Å²) in [6.45, 7) is 12.1. The van der Waals surface area contributed by atoms with Crippen molar-refractivity contribution in [3.8, 4) is 0 Å². The Kier molecular flexibility index (Phi) is 6.82. The maximum atomic E-state index is 13.3. The minimum absolute atomic E-state index is 0.129. The molecular formula is C20H31FN2O2. The summed E-state index contributed by atoms with van der Waals surface area (Å²) in [5.41, 5.74) is 1.92. The van der Waals surface area contributed by atoms with Crippen LogP contribution in [0.3, 0.4) is 0 Å². The standard InChI is InChI=1S/C20H31FN2O2/c1-16(21)17-5-7-18(8-6-17)22-10-12-23(13-11-22)19(24)9-14-25-15-20(2,3)4/h5-8,16H,9-15H2,1-4H3. The summed E-state index contributed by atoms with van der Waals surface area (Å²) in [6, 6.07) is 7.60. The fourth-order valence-electron chi connectivity index (χ4n) is 2.86. The number of alkyl halides is 1. The summed E-state index contributed by atoms with van der Waals surface area (Å²) in [5.74, 6) is 0.162. The largest absolute Gasteiger partial charge is 0.380 e. The molecule has 0 bridgehead atoms. The molecule has 1 atom stereocenters. The van der Waals surface area contributed by atoms with Gasteiger partial charge in [0.2, 0.25) is 5.91 Å². The van der Waals surface area contributed by atoms with Crippen LogP contribution in [0.4, 0.5) is 10.1 Å². The van der Waals surface area contributed by atoms with Crippen LogP contribution < -0.4 is 4.90 Å². The Balaban J connectivity index is 1.74. The van der Waals surface area contributed by atoms with Crippen LogP contribution in [0.25, 0.3) is 0 Å². The molecule has 0 aliphatic carbocycles. The molecule has 1 aromatic carbocycles. The van der Waals surface area contributed by atoms with Gasteiger partial charge in [0.05, 0.1) is 19.6 Å². The van der Waals surface area contributed by atoms with Crippen LogP contribution in [0.5, 0.6) is 0 Å². The summed E-state index contributed by atoms with van der Waals surface area (Å²) >= 11 is 0. The van der Waals surface area contributed by atoms with Crippen molar-refractivity contribution in [2.24, 2.45) is 5.41 Å². The van der Waals surface area contributed by atoms with Crippen LogP contribution in [0.15, 0.2) is 24.3 Å². The fraction of sp³-hybridized carbons (Fsp3) is 0.650. The maximum Gasteiger partial charge on any atom is 0.225 e. The first-order valence-electron chi connectivity index (χ1n) is 9.11. The van der Waals surface area contributed by atoms with Gasteiger partial charge < -0.3 is 14.5 Å². The van der Waals surface area contributed by atoms with E-state index >= 15 is 0 Å². The average molecular weight is 350 g/mol. The highest BCUT2D eigenvalue weighted by molar-refractivity contribution is 5.76. The highest BCUT2D eigenvalue weighted by atomic mass is 19.1. The molecule has 25 heavy (non-hydrogen) atoms. The summed E-state index contributed by atoms with van der Waals surface area (Å²) in [5, 5.41) is 0. The number of piperazine rings is 1. The lowest BCUT2D eigenvalue weighted by Crippen LogP contribution is -2.49. The topological polar surface area (TPSA) is 32.8 Å². The van der Waals surface area contributed by atoms with Gasteiger partial charge in [-0.2, -0.15) is 0 Å². The lowest BCUT2D eigenvalue weighted by atomic mass is 9.99. The minimum atomic E-state index is -0.941. The van der Waals surface area contributed by atoms with Crippen molar-refractivity contribution in [3.05, 3.63) is 29.8 Å². The van der Waals surface area contributed by atoms with Gasteiger partial charge in [0.15, 0.2) is 0 Å². The predicted molar refractivity (Wildman–Crippen MR) is 99.6 cm³/mol. The van der Waals surface area contributed by atoms with Gasteiger partial charge in [0.25, 0.3) is 0 Å². The molecule has 5 heteroatoms. The molecular weight excluding hydrogens is 319 g/mol. The molecule has 1 aromatic rings. The SMILES string of the molecule is CC(F)c1ccc(N2CCN(C(=O)CCOCC(C)(C)C)CC2)cc1. The third kappa shape index (κ3) is 6.31. The van der Waals surface area contributed by atoms with E-state index in [4.69, 9.17) is 4.74 Å². The zero-order chi connectivity index (χ0) is 18.4. The first kappa shape index (κ1) is 19.7. The van der Waals surface area contributed by atoms with Gasteiger partial charge in [0.1, 0.15) is 6.17 Å². The monoisotopic (exact) mass is 350 g/mol. The van der Waals surface area contributed by atoms with Gasteiger partial charge in [-0.3, -0.25) is 4.79 Å². The quantitative estimate of drug-likeness (QED) is 0.731. The van der Waals surface area contributed by atoms with Gasteiger partial charge in [-0.05, 0) is 30.0 Å². The van der Waals surface area contributed by atoms with Crippen molar-refractivity contribution in [1.29, 1.82) is 0 Å². The second-order valence-corrected chi connectivity index (χ2v) is 7.94. The molecule has 0 saturated carbocycles. The van der Waals surface area contributed by atoms with Crippen molar-refractivity contribution in [2.45, 2.75) is 40.3 Å². The van der Waals surface area contributed by atoms with Crippen LogP contribution in [0.2, 0.25) is 0 Å². The minimum Gasteiger partial charge on any atom is -0.380 e. The Morgan fingerprint density at radius 2 is 1.76 bits per heavy atom. The highest BCUT2D eigenvalue weighted by Crippen LogP contribution is 2.22. The number of benzene rings is 1. The number of hydrogen-bond acceptors (Lipinski definition) is 3. The molecule has 1 saturated heterocycles. The molecule has 140 valence electrons. The summed E-state index contributed by atoms with van der Waals surface area (Å²) in [7, 11) is 0. The van der Waals surface area contributed by atoms with Gasteiger partial charge >= 0.3 is 0 Å². The van der Waals surface area contributed by atoms with Crippen LogP contribution in [0, 0.1) is 5.41 Å². The summed E-state index contributed by atoms with van der Waals surface area (Å²) in [4.78, 5) is 16.4. The number of nitrogens with zero attached hydrogens (tertiary/aromatic N) is 2. The van der Waals surface area contributed by atoms with E-state index in [0.29, 0.717) is 25.2 Å². The third-order valence-corrected chi connectivity index (χ3v) is 4.35. The van der Waals surface area contributed by atoms with Crippen LogP contribution in [0.1, 0.15) is 45.9 Å². The highest BCUT2D eigenvalue weighted by Gasteiger charge is 2.21. The van der Waals surface area contributed by atoms with Crippen LogP contribution in [-0.4, -0.2) is 50.2 Å². The number of carbonyl (C=O) groups excluding carboxylic acids is 1. The summed E-state index contributed by atoms with van der Waals surface area (Å²) in [6.07, 6.45) is -0.497. The summed E-state index contributed by atoms with van der Waals surface area (Å²) < 4.78 is 18.9. The maximum absolute atomic E-state index is 13.3. The van der Waals surface area contributed by atoms with Crippen LogP contribution in [-0.2, 0) is 9.53 Å². The number of rotatable bonds is 6. The van der Waals surface area contributed by atoms with Crippen molar-refractivity contribution in [1.82, 2.24) is 4.90 Å². The average Bonchev–Trinajstić information content (AvgIpc) is 2.58. The Morgan fingerprint density at radius 1 is 1.16 bits per heavy atom. The van der Waals surface area contributed by atoms with E-state index in [1.165, 1.54) is 0 Å². The third-order valence-electron chi connectivity index (χ3n) is 4.35. The lowest BCUT2D eigenvalue weighted by molar-refractivity contribution is -0.132. The molecule has 2 rings (SSSR count). The van der Waals surface area contributed by atoms with E-state index in [-0.39, 0.29) is 11.3 Å². The van der Waals surface area contributed by atoms with Gasteiger partial charge in [-0.25, -0.2) is 4.39 Å². The normalized spacial score (nSPS) is 16.8. The van der Waals surface area contributed by atoms with Crippen molar-refractivity contribution >= 4 is 11.6 Å². The molecule has 1 aliphatic heterocycles. The van der Waals surface area contributed by atoms with E-state index < -0.39 is 6.17 Å². The lowest BCUT2D eigenvalue weighted by Gasteiger charge is -2.36. The van der Waals surface area contributed by atoms with E-state index in [9.17, 15) is 9.18 Å². The van der Waals surface area contributed by atoms with E-state index in [0.717, 1.165) is 31.9 Å².